The molecule has 0 aliphatic carbocycles. The third-order valence-corrected chi connectivity index (χ3v) is 5.58. The highest BCUT2D eigenvalue weighted by Gasteiger charge is 2.32. The van der Waals surface area contributed by atoms with Gasteiger partial charge in [0.15, 0.2) is 0 Å². The Morgan fingerprint density at radius 2 is 1.67 bits per heavy atom. The normalized spacial score (nSPS) is 16.0. The lowest BCUT2D eigenvalue weighted by Crippen LogP contribution is -2.34. The Kier molecular flexibility index (Phi) is 4.93. The second-order valence-electron chi connectivity index (χ2n) is 6.36. The molecule has 1 atom stereocenters. The highest BCUT2D eigenvalue weighted by atomic mass is 32.2. The Hall–Kier alpha value is -2.87. The molecule has 8 heteroatoms. The van der Waals surface area contributed by atoms with Crippen molar-refractivity contribution in [3.8, 4) is 5.75 Å². The number of carbonyl (C=O) groups is 2. The van der Waals surface area contributed by atoms with Crippen LogP contribution in [-0.4, -0.2) is 39.8 Å². The Balaban J connectivity index is 1.79. The summed E-state index contributed by atoms with van der Waals surface area (Å²) in [6.45, 7) is 1.82. The number of rotatable bonds is 4. The fourth-order valence-electron chi connectivity index (χ4n) is 3.18. The highest BCUT2D eigenvalue weighted by Crippen LogP contribution is 2.34. The molecule has 0 saturated carbocycles. The van der Waals surface area contributed by atoms with Gasteiger partial charge in [0, 0.05) is 6.04 Å². The van der Waals surface area contributed by atoms with E-state index < -0.39 is 22.0 Å². The van der Waals surface area contributed by atoms with Crippen molar-refractivity contribution in [1.82, 2.24) is 0 Å². The monoisotopic (exact) mass is 389 g/mol. The van der Waals surface area contributed by atoms with Gasteiger partial charge in [-0.05, 0) is 61.4 Å². The summed E-state index contributed by atoms with van der Waals surface area (Å²) in [4.78, 5) is 23.8. The number of benzene rings is 2. The van der Waals surface area contributed by atoms with Crippen LogP contribution < -0.4 is 9.04 Å². The van der Waals surface area contributed by atoms with Gasteiger partial charge in [-0.3, -0.25) is 4.31 Å². The molecule has 0 spiro atoms. The van der Waals surface area contributed by atoms with E-state index in [0.717, 1.165) is 5.56 Å². The molecule has 0 N–H and O–H groups in total. The van der Waals surface area contributed by atoms with E-state index in [1.807, 2.05) is 6.92 Å². The minimum Gasteiger partial charge on any atom is -0.465 e. The maximum absolute atomic E-state index is 12.4. The maximum atomic E-state index is 12.4. The maximum Gasteiger partial charge on any atom is 0.343 e. The molecule has 0 fully saturated rings. The van der Waals surface area contributed by atoms with Crippen molar-refractivity contribution in [2.75, 3.05) is 17.7 Å². The van der Waals surface area contributed by atoms with Crippen molar-refractivity contribution < 1.29 is 27.5 Å². The molecule has 7 nitrogen and oxygen atoms in total. The van der Waals surface area contributed by atoms with Gasteiger partial charge in [0.2, 0.25) is 10.0 Å². The van der Waals surface area contributed by atoms with Crippen LogP contribution in [0.15, 0.2) is 42.5 Å². The van der Waals surface area contributed by atoms with E-state index in [0.29, 0.717) is 29.0 Å². The lowest BCUT2D eigenvalue weighted by atomic mass is 10.1. The van der Waals surface area contributed by atoms with Crippen molar-refractivity contribution in [2.24, 2.45) is 0 Å². The molecule has 0 amide bonds. The number of anilines is 1. The number of esters is 2. The lowest BCUT2D eigenvalue weighted by Gasteiger charge is -2.21. The fraction of sp³-hybridized carbons (Fsp3) is 0.263. The van der Waals surface area contributed by atoms with Gasteiger partial charge in [0.05, 0.1) is 30.2 Å². The molecule has 142 valence electrons. The molecule has 0 saturated heterocycles. The predicted octanol–water partition coefficient (Wildman–Crippen LogP) is 2.40. The second-order valence-corrected chi connectivity index (χ2v) is 8.22. The number of fused-ring (bicyclic) bond motifs is 1. The Labute approximate surface area is 157 Å². The zero-order chi connectivity index (χ0) is 19.8. The van der Waals surface area contributed by atoms with Crippen LogP contribution in [0.1, 0.15) is 33.2 Å². The number of sulfonamides is 1. The molecular weight excluding hydrogens is 370 g/mol. The summed E-state index contributed by atoms with van der Waals surface area (Å²) >= 11 is 0. The Bertz CT molecular complexity index is 997. The van der Waals surface area contributed by atoms with E-state index in [2.05, 4.69) is 4.74 Å². The van der Waals surface area contributed by atoms with E-state index in [9.17, 15) is 18.0 Å². The number of methoxy groups -OCH3 is 1. The number of carbonyl (C=O) groups excluding carboxylic acids is 2. The predicted molar refractivity (Wildman–Crippen MR) is 99.7 cm³/mol. The first-order valence-corrected chi connectivity index (χ1v) is 10.1. The smallest absolute Gasteiger partial charge is 0.343 e. The summed E-state index contributed by atoms with van der Waals surface area (Å²) in [5.74, 6) is -0.746. The van der Waals surface area contributed by atoms with Crippen LogP contribution >= 0.6 is 0 Å². The molecule has 1 aliphatic rings. The van der Waals surface area contributed by atoms with Crippen molar-refractivity contribution in [3.63, 3.8) is 0 Å². The standard InChI is InChI=1S/C19H19NO6S/c1-12-10-15-11-14(6-9-17(15)20(12)27(3,23)24)19(22)26-16-7-4-13(5-8-16)18(21)25-2/h4-9,11-12H,10H2,1-3H3/t12-/m1/s1. The fourth-order valence-corrected chi connectivity index (χ4v) is 4.44. The van der Waals surface area contributed by atoms with Crippen molar-refractivity contribution in [1.29, 1.82) is 0 Å². The first-order valence-electron chi connectivity index (χ1n) is 8.23. The van der Waals surface area contributed by atoms with Crippen molar-refractivity contribution in [3.05, 3.63) is 59.2 Å². The van der Waals surface area contributed by atoms with E-state index in [1.165, 1.54) is 41.9 Å². The highest BCUT2D eigenvalue weighted by molar-refractivity contribution is 7.92. The zero-order valence-electron chi connectivity index (χ0n) is 15.1. The largest absolute Gasteiger partial charge is 0.465 e. The molecule has 0 radical (unpaired) electrons. The van der Waals surface area contributed by atoms with Crippen LogP contribution in [0.3, 0.4) is 0 Å². The summed E-state index contributed by atoms with van der Waals surface area (Å²) in [6, 6.07) is 10.6. The number of hydrogen-bond acceptors (Lipinski definition) is 6. The quantitative estimate of drug-likeness (QED) is 0.589. The van der Waals surface area contributed by atoms with E-state index in [-0.39, 0.29) is 6.04 Å². The van der Waals surface area contributed by atoms with Gasteiger partial charge >= 0.3 is 11.9 Å². The molecule has 0 unspecified atom stereocenters. The zero-order valence-corrected chi connectivity index (χ0v) is 15.9. The first-order chi connectivity index (χ1) is 12.7. The molecule has 27 heavy (non-hydrogen) atoms. The SMILES string of the molecule is COC(=O)c1ccc(OC(=O)c2ccc3c(c2)C[C@@H](C)N3S(C)(=O)=O)cc1. The summed E-state index contributed by atoms with van der Waals surface area (Å²) in [5, 5.41) is 0. The van der Waals surface area contributed by atoms with Crippen LogP contribution in [0.2, 0.25) is 0 Å². The third kappa shape index (κ3) is 3.80. The van der Waals surface area contributed by atoms with Gasteiger partial charge < -0.3 is 9.47 Å². The summed E-state index contributed by atoms with van der Waals surface area (Å²) in [6.07, 6.45) is 1.69. The number of ether oxygens (including phenoxy) is 2. The number of nitrogens with zero attached hydrogens (tertiary/aromatic N) is 1. The molecule has 0 aromatic heterocycles. The molecule has 2 aromatic carbocycles. The van der Waals surface area contributed by atoms with Gasteiger partial charge in [-0.25, -0.2) is 18.0 Å². The van der Waals surface area contributed by atoms with E-state index in [1.54, 1.807) is 18.2 Å². The van der Waals surface area contributed by atoms with Gasteiger partial charge in [0.1, 0.15) is 5.75 Å². The minimum atomic E-state index is -3.38. The van der Waals surface area contributed by atoms with Gasteiger partial charge in [-0.15, -0.1) is 0 Å². The summed E-state index contributed by atoms with van der Waals surface area (Å²) in [7, 11) is -2.09. The topological polar surface area (TPSA) is 90.0 Å². The van der Waals surface area contributed by atoms with Crippen LogP contribution in [0.5, 0.6) is 5.75 Å². The molecule has 1 heterocycles. The average Bonchev–Trinajstić information content (AvgIpc) is 2.96. The molecule has 2 aromatic rings. The van der Waals surface area contributed by atoms with Gasteiger partial charge in [0.25, 0.3) is 0 Å². The number of hydrogen-bond donors (Lipinski definition) is 0. The Morgan fingerprint density at radius 3 is 2.26 bits per heavy atom. The van der Waals surface area contributed by atoms with Gasteiger partial charge in [-0.1, -0.05) is 0 Å². The second kappa shape index (κ2) is 7.03. The van der Waals surface area contributed by atoms with Crippen molar-refractivity contribution >= 4 is 27.6 Å². The van der Waals surface area contributed by atoms with E-state index >= 15 is 0 Å². The molecule has 3 rings (SSSR count). The van der Waals surface area contributed by atoms with Crippen LogP contribution in [-0.2, 0) is 21.2 Å². The third-order valence-electron chi connectivity index (χ3n) is 4.31. The summed E-state index contributed by atoms with van der Waals surface area (Å²) in [5.41, 5.74) is 2.05. The first kappa shape index (κ1) is 18.9. The Morgan fingerprint density at radius 1 is 1.04 bits per heavy atom. The van der Waals surface area contributed by atoms with Crippen LogP contribution in [0, 0.1) is 0 Å². The molecule has 1 aliphatic heterocycles. The van der Waals surface area contributed by atoms with Crippen molar-refractivity contribution in [2.45, 2.75) is 19.4 Å². The van der Waals surface area contributed by atoms with Gasteiger partial charge in [-0.2, -0.15) is 0 Å². The lowest BCUT2D eigenvalue weighted by molar-refractivity contribution is 0.0600. The molecule has 0 bridgehead atoms. The van der Waals surface area contributed by atoms with Crippen LogP contribution in [0.25, 0.3) is 0 Å². The average molecular weight is 389 g/mol. The van der Waals surface area contributed by atoms with E-state index in [4.69, 9.17) is 4.74 Å². The molecular formula is C19H19NO6S. The van der Waals surface area contributed by atoms with Crippen LogP contribution in [0.4, 0.5) is 5.69 Å². The minimum absolute atomic E-state index is 0.202. The summed E-state index contributed by atoms with van der Waals surface area (Å²) < 4.78 is 35.2.